The molecule has 0 saturated carbocycles. The maximum Gasteiger partial charge on any atom is 0.103 e. The van der Waals surface area contributed by atoms with E-state index in [1.54, 1.807) is 11.3 Å². The van der Waals surface area contributed by atoms with Crippen molar-refractivity contribution in [1.82, 2.24) is 4.98 Å². The van der Waals surface area contributed by atoms with Crippen LogP contribution in [0.15, 0.2) is 66.0 Å². The van der Waals surface area contributed by atoms with E-state index in [-0.39, 0.29) is 0 Å². The first-order chi connectivity index (χ1) is 10.3. The van der Waals surface area contributed by atoms with Gasteiger partial charge in [0, 0.05) is 16.8 Å². The minimum absolute atomic E-state index is 0.358. The normalized spacial score (nSPS) is 11.0. The molecule has 1 heterocycles. The Balaban J connectivity index is 1.83. The average molecular weight is 311 g/mol. The van der Waals surface area contributed by atoms with E-state index >= 15 is 0 Å². The molecule has 1 aromatic heterocycles. The summed E-state index contributed by atoms with van der Waals surface area (Å²) >= 11 is 3.69. The van der Waals surface area contributed by atoms with Crippen molar-refractivity contribution in [2.24, 2.45) is 0 Å². The molecule has 0 spiro atoms. The smallest absolute Gasteiger partial charge is 0.103 e. The van der Waals surface area contributed by atoms with E-state index < -0.39 is 0 Å². The van der Waals surface area contributed by atoms with Crippen LogP contribution >= 0.6 is 23.1 Å². The lowest BCUT2D eigenvalue weighted by Gasteiger charge is -2.17. The van der Waals surface area contributed by atoms with Gasteiger partial charge < -0.3 is 0 Å². The van der Waals surface area contributed by atoms with Crippen LogP contribution in [0.25, 0.3) is 0 Å². The van der Waals surface area contributed by atoms with Crippen LogP contribution in [-0.2, 0) is 5.75 Å². The van der Waals surface area contributed by atoms with Crippen LogP contribution in [0.3, 0.4) is 0 Å². The predicted molar refractivity (Wildman–Crippen MR) is 92.9 cm³/mol. The Morgan fingerprint density at radius 1 is 0.952 bits per heavy atom. The molecule has 3 heteroatoms. The third kappa shape index (κ3) is 3.74. The molecule has 0 radical (unpaired) electrons. The Morgan fingerprint density at radius 3 is 2.00 bits per heavy atom. The van der Waals surface area contributed by atoms with Gasteiger partial charge in [0.1, 0.15) is 5.01 Å². The Kier molecular flexibility index (Phi) is 4.73. The molecule has 0 aliphatic carbocycles. The lowest BCUT2D eigenvalue weighted by atomic mass is 10.0. The highest BCUT2D eigenvalue weighted by atomic mass is 32.2. The van der Waals surface area contributed by atoms with Gasteiger partial charge in [-0.1, -0.05) is 60.7 Å². The second kappa shape index (κ2) is 6.92. The monoisotopic (exact) mass is 311 g/mol. The first kappa shape index (κ1) is 14.4. The highest BCUT2D eigenvalue weighted by Gasteiger charge is 2.15. The molecule has 3 rings (SSSR count). The summed E-state index contributed by atoms with van der Waals surface area (Å²) in [5.41, 5.74) is 3.82. The van der Waals surface area contributed by atoms with Gasteiger partial charge in [0.05, 0.1) is 5.25 Å². The first-order valence-corrected chi connectivity index (χ1v) is 8.88. The van der Waals surface area contributed by atoms with Crippen LogP contribution in [0.4, 0.5) is 0 Å². The summed E-state index contributed by atoms with van der Waals surface area (Å²) in [5, 5.41) is 3.68. The van der Waals surface area contributed by atoms with Crippen LogP contribution in [0.2, 0.25) is 0 Å². The van der Waals surface area contributed by atoms with Crippen molar-refractivity contribution in [2.75, 3.05) is 0 Å². The van der Waals surface area contributed by atoms with Gasteiger partial charge in [-0.2, -0.15) is 0 Å². The van der Waals surface area contributed by atoms with Crippen molar-refractivity contribution >= 4 is 23.1 Å². The largest absolute Gasteiger partial charge is 0.246 e. The molecule has 106 valence electrons. The number of aromatic nitrogens is 1. The second-order valence-corrected chi connectivity index (χ2v) is 6.93. The first-order valence-electron chi connectivity index (χ1n) is 6.95. The molecule has 0 aliphatic rings. The molecule has 2 aromatic carbocycles. The van der Waals surface area contributed by atoms with Gasteiger partial charge in [-0.25, -0.2) is 4.98 Å². The number of hydrogen-bond acceptors (Lipinski definition) is 3. The summed E-state index contributed by atoms with van der Waals surface area (Å²) in [4.78, 5) is 4.57. The van der Waals surface area contributed by atoms with Crippen LogP contribution in [-0.4, -0.2) is 4.98 Å². The van der Waals surface area contributed by atoms with E-state index in [1.807, 2.05) is 11.8 Å². The van der Waals surface area contributed by atoms with Gasteiger partial charge in [-0.3, -0.25) is 0 Å². The molecule has 1 nitrogen and oxygen atoms in total. The second-order valence-electron chi connectivity index (χ2n) is 4.90. The van der Waals surface area contributed by atoms with Crippen molar-refractivity contribution in [2.45, 2.75) is 17.9 Å². The number of benzene rings is 2. The molecule has 0 atom stereocenters. The van der Waals surface area contributed by atoms with E-state index in [0.717, 1.165) is 11.4 Å². The van der Waals surface area contributed by atoms with Crippen molar-refractivity contribution in [3.05, 3.63) is 87.9 Å². The molecule has 0 amide bonds. The Hall–Kier alpha value is -1.58. The molecule has 0 bridgehead atoms. The van der Waals surface area contributed by atoms with Gasteiger partial charge in [-0.05, 0) is 18.1 Å². The fourth-order valence-electron chi connectivity index (χ4n) is 2.26. The molecule has 0 aliphatic heterocycles. The van der Waals surface area contributed by atoms with Gasteiger partial charge in [0.25, 0.3) is 0 Å². The number of thioether (sulfide) groups is 1. The van der Waals surface area contributed by atoms with Gasteiger partial charge in [0.2, 0.25) is 0 Å². The number of thiazole rings is 1. The fourth-order valence-corrected chi connectivity index (χ4v) is 4.37. The molecule has 0 N–H and O–H groups in total. The zero-order valence-corrected chi connectivity index (χ0v) is 13.5. The van der Waals surface area contributed by atoms with Gasteiger partial charge in [-0.15, -0.1) is 23.1 Å². The molecule has 0 unspecified atom stereocenters. The Labute approximate surface area is 134 Å². The average Bonchev–Trinajstić information content (AvgIpc) is 2.95. The third-order valence-corrected chi connectivity index (χ3v) is 5.71. The molecule has 3 aromatic rings. The fraction of sp³-hybridized carbons (Fsp3) is 0.167. The number of rotatable bonds is 5. The molecular formula is C18H17NS2. The Bertz CT molecular complexity index is 637. The Morgan fingerprint density at radius 2 is 1.52 bits per heavy atom. The summed E-state index contributed by atoms with van der Waals surface area (Å²) in [6.45, 7) is 2.05. The van der Waals surface area contributed by atoms with Crippen molar-refractivity contribution in [3.8, 4) is 0 Å². The number of hydrogen-bond donors (Lipinski definition) is 0. The maximum absolute atomic E-state index is 4.57. The number of nitrogens with zero attached hydrogens (tertiary/aromatic N) is 1. The molecule has 21 heavy (non-hydrogen) atoms. The quantitative estimate of drug-likeness (QED) is 0.619. The summed E-state index contributed by atoms with van der Waals surface area (Å²) in [6.07, 6.45) is 0. The third-order valence-electron chi connectivity index (χ3n) is 3.24. The summed E-state index contributed by atoms with van der Waals surface area (Å²) in [6, 6.07) is 21.4. The highest BCUT2D eigenvalue weighted by molar-refractivity contribution is 7.99. The van der Waals surface area contributed by atoms with Crippen molar-refractivity contribution < 1.29 is 0 Å². The topological polar surface area (TPSA) is 12.9 Å². The van der Waals surface area contributed by atoms with Gasteiger partial charge in [0.15, 0.2) is 0 Å². The maximum atomic E-state index is 4.57. The summed E-state index contributed by atoms with van der Waals surface area (Å²) < 4.78 is 0. The number of aryl methyl sites for hydroxylation is 1. The minimum atomic E-state index is 0.358. The van der Waals surface area contributed by atoms with E-state index in [4.69, 9.17) is 0 Å². The van der Waals surface area contributed by atoms with Gasteiger partial charge >= 0.3 is 0 Å². The lowest BCUT2D eigenvalue weighted by molar-refractivity contribution is 1.13. The minimum Gasteiger partial charge on any atom is -0.246 e. The molecule has 0 fully saturated rings. The van der Waals surface area contributed by atoms with Crippen molar-refractivity contribution in [1.29, 1.82) is 0 Å². The predicted octanol–water partition coefficient (Wildman–Crippen LogP) is 5.47. The summed E-state index contributed by atoms with van der Waals surface area (Å²) in [7, 11) is 0. The molecule has 0 saturated heterocycles. The van der Waals surface area contributed by atoms with Crippen LogP contribution in [0, 0.1) is 6.92 Å². The summed E-state index contributed by atoms with van der Waals surface area (Å²) in [5.74, 6) is 0.951. The molecular weight excluding hydrogens is 294 g/mol. The van der Waals surface area contributed by atoms with E-state index in [9.17, 15) is 0 Å². The van der Waals surface area contributed by atoms with E-state index in [2.05, 4.69) is 78.0 Å². The SMILES string of the molecule is Cc1csc(CSC(c2ccccc2)c2ccccc2)n1. The lowest BCUT2D eigenvalue weighted by Crippen LogP contribution is -1.97. The zero-order chi connectivity index (χ0) is 14.5. The van der Waals surface area contributed by atoms with Crippen molar-refractivity contribution in [3.63, 3.8) is 0 Å². The van der Waals surface area contributed by atoms with Crippen LogP contribution in [0.5, 0.6) is 0 Å². The van der Waals surface area contributed by atoms with E-state index in [0.29, 0.717) is 5.25 Å². The van der Waals surface area contributed by atoms with E-state index in [1.165, 1.54) is 16.1 Å². The zero-order valence-electron chi connectivity index (χ0n) is 11.9. The van der Waals surface area contributed by atoms with Crippen LogP contribution in [0.1, 0.15) is 27.1 Å². The van der Waals surface area contributed by atoms with Crippen LogP contribution < -0.4 is 0 Å². The standard InChI is InChI=1S/C18H17NS2/c1-14-12-20-17(19-14)13-21-18(15-8-4-2-5-9-15)16-10-6-3-7-11-16/h2-12,18H,13H2,1H3. The highest BCUT2D eigenvalue weighted by Crippen LogP contribution is 2.37.